The average Bonchev–Trinajstić information content (AvgIpc) is 2.56. The van der Waals surface area contributed by atoms with E-state index in [1.807, 2.05) is 0 Å². The van der Waals surface area contributed by atoms with Gasteiger partial charge in [0, 0.05) is 22.7 Å². The number of aliphatic hydroxyl groups is 1. The van der Waals surface area contributed by atoms with E-state index in [2.05, 4.69) is 0 Å². The number of amides is 3. The van der Waals surface area contributed by atoms with E-state index in [1.54, 1.807) is 12.1 Å². The Labute approximate surface area is 120 Å². The maximum absolute atomic E-state index is 11.7. The third-order valence-corrected chi connectivity index (χ3v) is 3.47. The number of hydrogen-bond donors (Lipinski definition) is 1. The van der Waals surface area contributed by atoms with E-state index < -0.39 is 12.1 Å². The van der Waals surface area contributed by atoms with Gasteiger partial charge in [-0.2, -0.15) is 0 Å². The molecule has 2 rings (SSSR count). The molecule has 1 heterocycles. The van der Waals surface area contributed by atoms with Gasteiger partial charge in [0.25, 0.3) is 0 Å². The van der Waals surface area contributed by atoms with Crippen LogP contribution in [0.1, 0.15) is 11.7 Å². The van der Waals surface area contributed by atoms with Gasteiger partial charge in [0.1, 0.15) is 6.54 Å². The minimum Gasteiger partial charge on any atom is -0.386 e. The molecule has 7 heteroatoms. The van der Waals surface area contributed by atoms with E-state index in [-0.39, 0.29) is 19.0 Å². The molecule has 1 aromatic rings. The number of likely N-dealkylation sites (N-methyl/N-ethyl adjacent to an activating group) is 1. The molecule has 0 spiro atoms. The Morgan fingerprint density at radius 1 is 1.37 bits per heavy atom. The van der Waals surface area contributed by atoms with Crippen LogP contribution in [0.2, 0.25) is 10.0 Å². The second-order valence-corrected chi connectivity index (χ2v) is 5.17. The summed E-state index contributed by atoms with van der Waals surface area (Å²) in [5.41, 5.74) is 0.432. The Morgan fingerprint density at radius 2 is 2.05 bits per heavy atom. The standard InChI is InChI=1S/C12H12Cl2N2O3/c1-15-6-11(18)16(12(15)19)5-10(17)8-3-2-7(13)4-9(8)14/h2-4,10,17H,5-6H2,1H3. The summed E-state index contributed by atoms with van der Waals surface area (Å²) in [5, 5.41) is 10.8. The molecule has 0 aromatic heterocycles. The molecule has 0 bridgehead atoms. The molecule has 0 saturated carbocycles. The zero-order chi connectivity index (χ0) is 14.2. The van der Waals surface area contributed by atoms with E-state index in [4.69, 9.17) is 23.2 Å². The Balaban J connectivity index is 2.15. The van der Waals surface area contributed by atoms with Crippen molar-refractivity contribution in [1.29, 1.82) is 0 Å². The first-order valence-electron chi connectivity index (χ1n) is 5.58. The highest BCUT2D eigenvalue weighted by Gasteiger charge is 2.35. The zero-order valence-corrected chi connectivity index (χ0v) is 11.6. The van der Waals surface area contributed by atoms with Crippen LogP contribution in [0.3, 0.4) is 0 Å². The fourth-order valence-corrected chi connectivity index (χ4v) is 2.43. The van der Waals surface area contributed by atoms with Crippen molar-refractivity contribution in [3.05, 3.63) is 33.8 Å². The Hall–Kier alpha value is -1.30. The lowest BCUT2D eigenvalue weighted by Gasteiger charge is -2.19. The van der Waals surface area contributed by atoms with Gasteiger partial charge in [-0.1, -0.05) is 29.3 Å². The van der Waals surface area contributed by atoms with Crippen LogP contribution >= 0.6 is 23.2 Å². The van der Waals surface area contributed by atoms with Crippen LogP contribution in [0.25, 0.3) is 0 Å². The third kappa shape index (κ3) is 2.83. The second kappa shape index (κ2) is 5.36. The smallest absolute Gasteiger partial charge is 0.327 e. The van der Waals surface area contributed by atoms with Gasteiger partial charge in [0.2, 0.25) is 5.91 Å². The molecular weight excluding hydrogens is 291 g/mol. The minimum atomic E-state index is -1.04. The number of urea groups is 1. The summed E-state index contributed by atoms with van der Waals surface area (Å²) < 4.78 is 0. The van der Waals surface area contributed by atoms with Gasteiger partial charge in [-0.3, -0.25) is 9.69 Å². The van der Waals surface area contributed by atoms with Crippen LogP contribution in [0.15, 0.2) is 18.2 Å². The van der Waals surface area contributed by atoms with Crippen molar-refractivity contribution in [3.8, 4) is 0 Å². The number of imide groups is 1. The second-order valence-electron chi connectivity index (χ2n) is 4.32. The number of halogens is 2. The maximum atomic E-state index is 11.7. The topological polar surface area (TPSA) is 60.9 Å². The van der Waals surface area contributed by atoms with Crippen molar-refractivity contribution in [1.82, 2.24) is 9.80 Å². The van der Waals surface area contributed by atoms with Crippen LogP contribution in [0, 0.1) is 0 Å². The highest BCUT2D eigenvalue weighted by atomic mass is 35.5. The van der Waals surface area contributed by atoms with E-state index in [0.29, 0.717) is 15.6 Å². The SMILES string of the molecule is CN1CC(=O)N(CC(O)c2ccc(Cl)cc2Cl)C1=O. The molecule has 102 valence electrons. The number of benzene rings is 1. The minimum absolute atomic E-state index is 0.0277. The molecule has 5 nitrogen and oxygen atoms in total. The summed E-state index contributed by atoms with van der Waals surface area (Å²) >= 11 is 11.7. The molecule has 1 atom stereocenters. The summed E-state index contributed by atoms with van der Waals surface area (Å²) in [6.07, 6.45) is -1.04. The van der Waals surface area contributed by atoms with Gasteiger partial charge in [-0.15, -0.1) is 0 Å². The number of rotatable bonds is 3. The lowest BCUT2D eigenvalue weighted by Crippen LogP contribution is -2.35. The summed E-state index contributed by atoms with van der Waals surface area (Å²) in [4.78, 5) is 25.6. The Morgan fingerprint density at radius 3 is 2.58 bits per heavy atom. The summed E-state index contributed by atoms with van der Waals surface area (Å²) in [6.45, 7) is -0.0940. The molecule has 0 aliphatic carbocycles. The summed E-state index contributed by atoms with van der Waals surface area (Å²) in [7, 11) is 1.53. The first-order valence-corrected chi connectivity index (χ1v) is 6.34. The van der Waals surface area contributed by atoms with E-state index in [9.17, 15) is 14.7 Å². The fraction of sp³-hybridized carbons (Fsp3) is 0.333. The molecule has 1 fully saturated rings. The van der Waals surface area contributed by atoms with Crippen LogP contribution in [-0.2, 0) is 4.79 Å². The highest BCUT2D eigenvalue weighted by molar-refractivity contribution is 6.35. The molecule has 1 aromatic carbocycles. The maximum Gasteiger partial charge on any atom is 0.327 e. The molecule has 0 radical (unpaired) electrons. The molecule has 1 unspecified atom stereocenters. The van der Waals surface area contributed by atoms with Crippen molar-refractivity contribution in [2.75, 3.05) is 20.1 Å². The fourth-order valence-electron chi connectivity index (χ4n) is 1.89. The van der Waals surface area contributed by atoms with Crippen LogP contribution < -0.4 is 0 Å². The van der Waals surface area contributed by atoms with E-state index in [0.717, 1.165) is 4.90 Å². The van der Waals surface area contributed by atoms with Gasteiger partial charge in [0.15, 0.2) is 0 Å². The molecule has 19 heavy (non-hydrogen) atoms. The number of hydrogen-bond acceptors (Lipinski definition) is 3. The quantitative estimate of drug-likeness (QED) is 0.868. The van der Waals surface area contributed by atoms with Gasteiger partial charge < -0.3 is 10.0 Å². The number of nitrogens with zero attached hydrogens (tertiary/aromatic N) is 2. The van der Waals surface area contributed by atoms with Crippen molar-refractivity contribution >= 4 is 35.1 Å². The van der Waals surface area contributed by atoms with Gasteiger partial charge in [-0.05, 0) is 12.1 Å². The molecule has 1 aliphatic heterocycles. The van der Waals surface area contributed by atoms with Crippen LogP contribution in [-0.4, -0.2) is 47.0 Å². The van der Waals surface area contributed by atoms with Gasteiger partial charge in [0.05, 0.1) is 12.6 Å². The van der Waals surface area contributed by atoms with E-state index >= 15 is 0 Å². The number of β-amino-alcohol motifs (C(OH)–C–C–N with tert-alkyl or cyclic N) is 1. The van der Waals surface area contributed by atoms with Crippen molar-refractivity contribution in [2.45, 2.75) is 6.10 Å². The lowest BCUT2D eigenvalue weighted by atomic mass is 10.1. The molecule has 1 aliphatic rings. The van der Waals surface area contributed by atoms with Gasteiger partial charge in [-0.25, -0.2) is 4.79 Å². The largest absolute Gasteiger partial charge is 0.386 e. The predicted molar refractivity (Wildman–Crippen MR) is 71.2 cm³/mol. The molecular formula is C12H12Cl2N2O3. The van der Waals surface area contributed by atoms with Crippen molar-refractivity contribution in [2.24, 2.45) is 0 Å². The Bertz CT molecular complexity index is 536. The van der Waals surface area contributed by atoms with Crippen molar-refractivity contribution in [3.63, 3.8) is 0 Å². The number of carbonyl (C=O) groups is 2. The first kappa shape index (κ1) is 14.1. The average molecular weight is 303 g/mol. The summed E-state index contributed by atoms with van der Waals surface area (Å²) in [5.74, 6) is -0.336. The number of aliphatic hydroxyl groups excluding tert-OH is 1. The highest BCUT2D eigenvalue weighted by Crippen LogP contribution is 2.27. The molecule has 1 saturated heterocycles. The third-order valence-electron chi connectivity index (χ3n) is 2.91. The predicted octanol–water partition coefficient (Wildman–Crippen LogP) is 1.92. The van der Waals surface area contributed by atoms with Crippen molar-refractivity contribution < 1.29 is 14.7 Å². The normalized spacial score (nSPS) is 17.3. The summed E-state index contributed by atoms with van der Waals surface area (Å²) in [6, 6.07) is 4.24. The number of carbonyl (C=O) groups excluding carboxylic acids is 2. The van der Waals surface area contributed by atoms with Crippen LogP contribution in [0.5, 0.6) is 0 Å². The Kier molecular flexibility index (Phi) is 3.99. The van der Waals surface area contributed by atoms with Gasteiger partial charge >= 0.3 is 6.03 Å². The first-order chi connectivity index (χ1) is 8.90. The van der Waals surface area contributed by atoms with E-state index in [1.165, 1.54) is 18.0 Å². The van der Waals surface area contributed by atoms with Crippen LogP contribution in [0.4, 0.5) is 4.79 Å². The zero-order valence-electron chi connectivity index (χ0n) is 10.1. The molecule has 1 N–H and O–H groups in total. The molecule has 3 amide bonds. The monoisotopic (exact) mass is 302 g/mol. The lowest BCUT2D eigenvalue weighted by molar-refractivity contribution is -0.126.